The molecule has 0 unspecified atom stereocenters. The van der Waals surface area contributed by atoms with Crippen LogP contribution in [0.3, 0.4) is 0 Å². The lowest BCUT2D eigenvalue weighted by Crippen LogP contribution is -2.16. The number of carbonyl (C=O) groups excluding carboxylic acids is 2. The molecule has 1 aromatic heterocycles. The van der Waals surface area contributed by atoms with Crippen molar-refractivity contribution in [1.29, 1.82) is 0 Å². The number of nitrogens with one attached hydrogen (secondary N) is 2. The molecule has 10 heteroatoms. The van der Waals surface area contributed by atoms with Crippen LogP contribution in [0.15, 0.2) is 47.4 Å². The number of rotatable bonds is 5. The number of hydrogen-bond donors (Lipinski definition) is 3. The number of carbonyl (C=O) groups is 2. The fraction of sp³-hybridized carbons (Fsp3) is 0.143. The van der Waals surface area contributed by atoms with Crippen LogP contribution in [0.25, 0.3) is 0 Å². The average molecular weight is 478 g/mol. The molecule has 0 fully saturated rings. The normalized spacial score (nSPS) is 11.3. The molecule has 0 saturated carbocycles. The van der Waals surface area contributed by atoms with E-state index in [4.69, 9.17) is 16.7 Å². The number of anilines is 2. The van der Waals surface area contributed by atoms with E-state index in [9.17, 15) is 18.0 Å². The number of sulfonamides is 1. The molecule has 162 valence electrons. The summed E-state index contributed by atoms with van der Waals surface area (Å²) in [5.41, 5.74) is 2.74. The van der Waals surface area contributed by atoms with Crippen molar-refractivity contribution >= 4 is 55.5 Å². The third-order valence-electron chi connectivity index (χ3n) is 4.70. The molecule has 7 nitrogen and oxygen atoms in total. The number of halogens is 1. The molecule has 0 bridgehead atoms. The zero-order valence-corrected chi connectivity index (χ0v) is 19.3. The van der Waals surface area contributed by atoms with Gasteiger partial charge in [-0.05, 0) is 67.8 Å². The molecular weight excluding hydrogens is 458 g/mol. The van der Waals surface area contributed by atoms with Gasteiger partial charge < -0.3 is 10.6 Å². The molecular formula is C21H20ClN3O4S2. The van der Waals surface area contributed by atoms with Crippen molar-refractivity contribution in [1.82, 2.24) is 0 Å². The quantitative estimate of drug-likeness (QED) is 0.502. The second kappa shape index (κ2) is 8.80. The van der Waals surface area contributed by atoms with Crippen molar-refractivity contribution in [2.75, 3.05) is 10.6 Å². The van der Waals surface area contributed by atoms with Crippen molar-refractivity contribution in [2.24, 2.45) is 5.14 Å². The lowest BCUT2D eigenvalue weighted by atomic mass is 10.1. The molecule has 0 aliphatic rings. The molecule has 0 saturated heterocycles. The van der Waals surface area contributed by atoms with Gasteiger partial charge in [0.2, 0.25) is 10.0 Å². The second-order valence-corrected chi connectivity index (χ2v) is 9.99. The number of benzene rings is 2. The van der Waals surface area contributed by atoms with Crippen molar-refractivity contribution in [3.8, 4) is 0 Å². The van der Waals surface area contributed by atoms with E-state index in [1.165, 1.54) is 12.1 Å². The lowest BCUT2D eigenvalue weighted by Gasteiger charge is -2.12. The molecule has 1 heterocycles. The van der Waals surface area contributed by atoms with E-state index >= 15 is 0 Å². The summed E-state index contributed by atoms with van der Waals surface area (Å²) in [5.74, 6) is -0.805. The maximum atomic E-state index is 12.9. The lowest BCUT2D eigenvalue weighted by molar-refractivity contribution is 0.102. The van der Waals surface area contributed by atoms with E-state index in [0.29, 0.717) is 37.3 Å². The van der Waals surface area contributed by atoms with Gasteiger partial charge in [-0.15, -0.1) is 11.3 Å². The molecule has 31 heavy (non-hydrogen) atoms. The van der Waals surface area contributed by atoms with Gasteiger partial charge in [0, 0.05) is 5.69 Å². The van der Waals surface area contributed by atoms with Gasteiger partial charge in [-0.25, -0.2) is 13.6 Å². The van der Waals surface area contributed by atoms with Gasteiger partial charge in [0.05, 0.1) is 25.4 Å². The summed E-state index contributed by atoms with van der Waals surface area (Å²) in [6.45, 7) is 5.25. The van der Waals surface area contributed by atoms with Crippen LogP contribution in [-0.2, 0) is 10.0 Å². The number of nitrogens with two attached hydrogens (primary N) is 1. The first-order valence-electron chi connectivity index (χ1n) is 9.09. The highest BCUT2D eigenvalue weighted by atomic mass is 35.5. The van der Waals surface area contributed by atoms with Crippen LogP contribution < -0.4 is 15.8 Å². The largest absolute Gasteiger partial charge is 0.321 e. The van der Waals surface area contributed by atoms with E-state index in [-0.39, 0.29) is 10.8 Å². The van der Waals surface area contributed by atoms with Gasteiger partial charge in [-0.1, -0.05) is 23.7 Å². The summed E-state index contributed by atoms with van der Waals surface area (Å²) >= 11 is 7.17. The Morgan fingerprint density at radius 3 is 2.29 bits per heavy atom. The molecule has 3 aromatic rings. The summed E-state index contributed by atoms with van der Waals surface area (Å²) in [4.78, 5) is 25.6. The van der Waals surface area contributed by atoms with Crippen LogP contribution in [0, 0.1) is 20.8 Å². The maximum Gasteiger partial charge on any atom is 0.266 e. The minimum Gasteiger partial charge on any atom is -0.321 e. The fourth-order valence-corrected chi connectivity index (χ4v) is 4.70. The summed E-state index contributed by atoms with van der Waals surface area (Å²) in [6, 6.07) is 11.1. The average Bonchev–Trinajstić information content (AvgIpc) is 3.04. The van der Waals surface area contributed by atoms with Gasteiger partial charge in [0.25, 0.3) is 11.8 Å². The van der Waals surface area contributed by atoms with Gasteiger partial charge in [0.1, 0.15) is 0 Å². The molecule has 0 aliphatic heterocycles. The topological polar surface area (TPSA) is 118 Å². The van der Waals surface area contributed by atoms with Crippen LogP contribution in [0.2, 0.25) is 5.02 Å². The van der Waals surface area contributed by atoms with Crippen molar-refractivity contribution in [3.05, 3.63) is 74.6 Å². The van der Waals surface area contributed by atoms with Crippen LogP contribution in [0.1, 0.15) is 36.7 Å². The van der Waals surface area contributed by atoms with Gasteiger partial charge in [-0.3, -0.25) is 9.59 Å². The number of primary sulfonamides is 1. The number of amides is 2. The standard InChI is InChI=1S/C21H20ClN3O4S2/c1-11-8-14(31(23,28)29)10-17(13(11)3)24-21(27)19-12(2)9-18(30-19)25-20(26)15-6-4-5-7-16(15)22/h4-10H,1-3H3,(H,24,27)(H,25,26)(H2,23,28,29). The molecule has 0 radical (unpaired) electrons. The van der Waals surface area contributed by atoms with Gasteiger partial charge >= 0.3 is 0 Å². The smallest absolute Gasteiger partial charge is 0.266 e. The summed E-state index contributed by atoms with van der Waals surface area (Å²) < 4.78 is 23.4. The Labute approximate surface area is 189 Å². The monoisotopic (exact) mass is 477 g/mol. The third-order valence-corrected chi connectivity index (χ3v) is 7.07. The number of thiophene rings is 1. The Hall–Kier alpha value is -2.72. The zero-order valence-electron chi connectivity index (χ0n) is 16.9. The van der Waals surface area contributed by atoms with Crippen molar-refractivity contribution in [2.45, 2.75) is 25.7 Å². The van der Waals surface area contributed by atoms with Gasteiger partial charge in [-0.2, -0.15) is 0 Å². The molecule has 2 amide bonds. The van der Waals surface area contributed by atoms with E-state index < -0.39 is 15.9 Å². The van der Waals surface area contributed by atoms with E-state index in [1.54, 1.807) is 51.1 Å². The Balaban J connectivity index is 1.84. The molecule has 0 atom stereocenters. The van der Waals surface area contributed by atoms with Crippen LogP contribution in [0.5, 0.6) is 0 Å². The highest BCUT2D eigenvalue weighted by molar-refractivity contribution is 7.89. The van der Waals surface area contributed by atoms with E-state index in [1.807, 2.05) is 0 Å². The molecule has 2 aromatic carbocycles. The maximum absolute atomic E-state index is 12.9. The SMILES string of the molecule is Cc1cc(NC(=O)c2ccccc2Cl)sc1C(=O)Nc1cc(S(N)(=O)=O)cc(C)c1C. The minimum atomic E-state index is -3.92. The summed E-state index contributed by atoms with van der Waals surface area (Å²) in [5, 5.41) is 11.5. The fourth-order valence-electron chi connectivity index (χ4n) is 2.89. The first-order valence-corrected chi connectivity index (χ1v) is 11.8. The summed E-state index contributed by atoms with van der Waals surface area (Å²) in [7, 11) is -3.92. The molecule has 4 N–H and O–H groups in total. The van der Waals surface area contributed by atoms with Crippen LogP contribution in [0.4, 0.5) is 10.7 Å². The minimum absolute atomic E-state index is 0.0820. The highest BCUT2D eigenvalue weighted by Crippen LogP contribution is 2.30. The predicted molar refractivity (Wildman–Crippen MR) is 124 cm³/mol. The van der Waals surface area contributed by atoms with Gasteiger partial charge in [0.15, 0.2) is 0 Å². The second-order valence-electron chi connectivity index (χ2n) is 6.97. The number of hydrogen-bond acceptors (Lipinski definition) is 5. The van der Waals surface area contributed by atoms with E-state index in [2.05, 4.69) is 10.6 Å². The van der Waals surface area contributed by atoms with Crippen molar-refractivity contribution in [3.63, 3.8) is 0 Å². The van der Waals surface area contributed by atoms with Crippen LogP contribution in [-0.4, -0.2) is 20.2 Å². The Bertz CT molecular complexity index is 1300. The highest BCUT2D eigenvalue weighted by Gasteiger charge is 2.19. The summed E-state index contributed by atoms with van der Waals surface area (Å²) in [6.07, 6.45) is 0. The molecule has 0 aliphatic carbocycles. The zero-order chi connectivity index (χ0) is 22.9. The van der Waals surface area contributed by atoms with Crippen LogP contribution >= 0.6 is 22.9 Å². The van der Waals surface area contributed by atoms with E-state index in [0.717, 1.165) is 16.9 Å². The molecule has 0 spiro atoms. The first-order chi connectivity index (χ1) is 14.5. The number of aryl methyl sites for hydroxylation is 2. The van der Waals surface area contributed by atoms with Crippen molar-refractivity contribution < 1.29 is 18.0 Å². The Morgan fingerprint density at radius 1 is 0.968 bits per heavy atom. The first kappa shape index (κ1) is 23.0. The Kier molecular flexibility index (Phi) is 6.51. The predicted octanol–water partition coefficient (Wildman–Crippen LogP) is 4.48. The molecule has 3 rings (SSSR count). The Morgan fingerprint density at radius 2 is 1.65 bits per heavy atom. The third kappa shape index (κ3) is 5.13.